The normalized spacial score (nSPS) is 25.5. The van der Waals surface area contributed by atoms with Gasteiger partial charge in [-0.25, -0.2) is 4.79 Å². The number of carbonyl (C=O) groups excluding carboxylic acids is 4. The van der Waals surface area contributed by atoms with Crippen molar-refractivity contribution in [1.82, 2.24) is 4.90 Å². The van der Waals surface area contributed by atoms with E-state index in [1.165, 1.54) is 0 Å². The Balaban J connectivity index is 1.31. The topological polar surface area (TPSA) is 92.8 Å². The molecule has 2 aliphatic carbocycles. The van der Waals surface area contributed by atoms with Crippen molar-refractivity contribution in [1.29, 1.82) is 0 Å². The van der Waals surface area contributed by atoms with E-state index in [-0.39, 0.29) is 41.9 Å². The highest BCUT2D eigenvalue weighted by atomic mass is 16.5. The van der Waals surface area contributed by atoms with Crippen molar-refractivity contribution in [2.75, 3.05) is 11.9 Å². The van der Waals surface area contributed by atoms with Crippen LogP contribution in [0.15, 0.2) is 48.5 Å². The van der Waals surface area contributed by atoms with E-state index in [1.54, 1.807) is 0 Å². The number of anilines is 1. The summed E-state index contributed by atoms with van der Waals surface area (Å²) < 4.78 is 5.37. The Hall–Kier alpha value is -3.48. The van der Waals surface area contributed by atoms with Gasteiger partial charge in [0, 0.05) is 12.1 Å². The van der Waals surface area contributed by atoms with Crippen molar-refractivity contribution in [3.05, 3.63) is 65.2 Å². The number of nitrogens with one attached hydrogen (secondary N) is 1. The molecular formula is C28H30N2O5. The van der Waals surface area contributed by atoms with Crippen molar-refractivity contribution in [2.45, 2.75) is 45.6 Å². The van der Waals surface area contributed by atoms with Gasteiger partial charge in [-0.2, -0.15) is 0 Å². The first-order valence-corrected chi connectivity index (χ1v) is 12.3. The molecule has 2 aromatic carbocycles. The number of ether oxygens (including phenoxy) is 1. The molecule has 35 heavy (non-hydrogen) atoms. The summed E-state index contributed by atoms with van der Waals surface area (Å²) in [4.78, 5) is 53.6. The minimum atomic E-state index is -1.09. The number of imide groups is 1. The summed E-state index contributed by atoms with van der Waals surface area (Å²) in [5.41, 5.74) is 3.45. The second kappa shape index (κ2) is 9.29. The molecule has 0 aromatic heterocycles. The molecule has 1 N–H and O–H groups in total. The molecule has 2 saturated carbocycles. The summed E-state index contributed by atoms with van der Waals surface area (Å²) in [5, 5.41) is 2.74. The second-order valence-electron chi connectivity index (χ2n) is 10.2. The number of rotatable bonds is 7. The first-order chi connectivity index (χ1) is 16.8. The molecule has 5 atom stereocenters. The second-order valence-corrected chi connectivity index (χ2v) is 10.2. The first-order valence-electron chi connectivity index (χ1n) is 12.3. The number of amides is 3. The molecule has 1 saturated heterocycles. The SMILES string of the molecule is Cc1cc(C)cc(NC(=O)COC(=O)[C@@H](Cc2ccccc2)N2C(=O)[C@@H]3[C@H]4CC[C@@H](C4)[C@@H]3C2=O)c1. The molecule has 5 rings (SSSR count). The van der Waals surface area contributed by atoms with E-state index < -0.39 is 24.5 Å². The molecule has 7 nitrogen and oxygen atoms in total. The Morgan fingerprint density at radius 3 is 2.17 bits per heavy atom. The van der Waals surface area contributed by atoms with Gasteiger partial charge in [0.15, 0.2) is 6.61 Å². The van der Waals surface area contributed by atoms with Crippen LogP contribution in [-0.2, 0) is 30.3 Å². The summed E-state index contributed by atoms with van der Waals surface area (Å²) in [6, 6.07) is 13.8. The molecule has 1 aliphatic heterocycles. The van der Waals surface area contributed by atoms with Gasteiger partial charge in [0.2, 0.25) is 11.8 Å². The summed E-state index contributed by atoms with van der Waals surface area (Å²) in [6.45, 7) is 3.37. The van der Waals surface area contributed by atoms with Gasteiger partial charge in [-0.05, 0) is 73.8 Å². The minimum absolute atomic E-state index is 0.157. The average molecular weight is 475 g/mol. The molecule has 7 heteroatoms. The molecule has 3 fully saturated rings. The number of esters is 1. The fraction of sp³-hybridized carbons (Fsp3) is 0.429. The van der Waals surface area contributed by atoms with E-state index in [2.05, 4.69) is 5.32 Å². The lowest BCUT2D eigenvalue weighted by molar-refractivity contribution is -0.160. The third kappa shape index (κ3) is 4.47. The Morgan fingerprint density at radius 2 is 1.57 bits per heavy atom. The van der Waals surface area contributed by atoms with Crippen LogP contribution in [-0.4, -0.2) is 41.2 Å². The Labute approximate surface area is 204 Å². The van der Waals surface area contributed by atoms with Crippen LogP contribution < -0.4 is 5.32 Å². The molecule has 0 spiro atoms. The molecule has 0 radical (unpaired) electrons. The highest BCUT2D eigenvalue weighted by Crippen LogP contribution is 2.56. The van der Waals surface area contributed by atoms with Crippen LogP contribution in [0.2, 0.25) is 0 Å². The van der Waals surface area contributed by atoms with Gasteiger partial charge in [-0.1, -0.05) is 36.4 Å². The quantitative estimate of drug-likeness (QED) is 0.490. The van der Waals surface area contributed by atoms with Crippen LogP contribution in [0.3, 0.4) is 0 Å². The molecule has 2 aromatic rings. The van der Waals surface area contributed by atoms with Crippen LogP contribution in [0.5, 0.6) is 0 Å². The molecular weight excluding hydrogens is 444 g/mol. The van der Waals surface area contributed by atoms with Crippen molar-refractivity contribution in [3.8, 4) is 0 Å². The van der Waals surface area contributed by atoms with E-state index in [9.17, 15) is 19.2 Å². The highest BCUT2D eigenvalue weighted by molar-refractivity contribution is 6.08. The standard InChI is InChI=1S/C28H30N2O5/c1-16-10-17(2)12-21(11-16)29-23(31)15-35-28(34)22(13-18-6-4-3-5-7-18)30-26(32)24-19-8-9-20(14-19)25(24)27(30)33/h3-7,10-12,19-20,22,24-25H,8-9,13-15H2,1-2H3,(H,29,31)/t19-,20-,22+,24-,25+/m0/s1. The number of carbonyl (C=O) groups is 4. The molecule has 3 amide bonds. The molecule has 0 unspecified atom stereocenters. The van der Waals surface area contributed by atoms with Gasteiger partial charge < -0.3 is 10.1 Å². The maximum absolute atomic E-state index is 13.4. The van der Waals surface area contributed by atoms with E-state index in [0.29, 0.717) is 5.69 Å². The lowest BCUT2D eigenvalue weighted by atomic mass is 9.81. The van der Waals surface area contributed by atoms with Crippen LogP contribution in [0.4, 0.5) is 5.69 Å². The lowest BCUT2D eigenvalue weighted by Crippen LogP contribution is -2.48. The minimum Gasteiger partial charge on any atom is -0.454 e. The Morgan fingerprint density at radius 1 is 0.971 bits per heavy atom. The maximum Gasteiger partial charge on any atom is 0.330 e. The summed E-state index contributed by atoms with van der Waals surface area (Å²) in [6.07, 6.45) is 3.01. The zero-order valence-electron chi connectivity index (χ0n) is 20.0. The molecule has 2 bridgehead atoms. The van der Waals surface area contributed by atoms with Crippen molar-refractivity contribution >= 4 is 29.4 Å². The lowest BCUT2D eigenvalue weighted by Gasteiger charge is -2.26. The fourth-order valence-corrected chi connectivity index (χ4v) is 6.33. The summed E-state index contributed by atoms with van der Waals surface area (Å²) >= 11 is 0. The number of fused-ring (bicyclic) bond motifs is 5. The number of benzene rings is 2. The number of nitrogens with zero attached hydrogens (tertiary/aromatic N) is 1. The predicted molar refractivity (Wildman–Crippen MR) is 129 cm³/mol. The van der Waals surface area contributed by atoms with Crippen LogP contribution in [0, 0.1) is 37.5 Å². The molecule has 3 aliphatic rings. The number of likely N-dealkylation sites (tertiary alicyclic amines) is 1. The van der Waals surface area contributed by atoms with E-state index >= 15 is 0 Å². The van der Waals surface area contributed by atoms with Crippen molar-refractivity contribution in [3.63, 3.8) is 0 Å². The van der Waals surface area contributed by atoms with Crippen LogP contribution in [0.25, 0.3) is 0 Å². The molecule has 182 valence electrons. The largest absolute Gasteiger partial charge is 0.454 e. The molecule has 1 heterocycles. The van der Waals surface area contributed by atoms with Gasteiger partial charge in [0.05, 0.1) is 11.8 Å². The van der Waals surface area contributed by atoms with Gasteiger partial charge in [0.25, 0.3) is 5.91 Å². The van der Waals surface area contributed by atoms with Crippen LogP contribution in [0.1, 0.15) is 36.0 Å². The number of hydrogen-bond donors (Lipinski definition) is 1. The van der Waals surface area contributed by atoms with Gasteiger partial charge in [-0.3, -0.25) is 19.3 Å². The van der Waals surface area contributed by atoms with Gasteiger partial charge in [0.1, 0.15) is 6.04 Å². The number of aryl methyl sites for hydroxylation is 2. The summed E-state index contributed by atoms with van der Waals surface area (Å²) in [5.74, 6) is -1.92. The van der Waals surface area contributed by atoms with Crippen molar-refractivity contribution in [2.24, 2.45) is 23.7 Å². The zero-order valence-corrected chi connectivity index (χ0v) is 20.0. The van der Waals surface area contributed by atoms with E-state index in [4.69, 9.17) is 4.74 Å². The first kappa shape index (κ1) is 23.3. The predicted octanol–water partition coefficient (Wildman–Crippen LogP) is 3.43. The zero-order chi connectivity index (χ0) is 24.7. The van der Waals surface area contributed by atoms with E-state index in [0.717, 1.165) is 40.9 Å². The third-order valence-electron chi connectivity index (χ3n) is 7.67. The highest BCUT2D eigenvalue weighted by Gasteiger charge is 2.62. The monoisotopic (exact) mass is 474 g/mol. The van der Waals surface area contributed by atoms with Gasteiger partial charge >= 0.3 is 5.97 Å². The Bertz CT molecular complexity index is 1130. The Kier molecular flexibility index (Phi) is 6.17. The summed E-state index contributed by atoms with van der Waals surface area (Å²) in [7, 11) is 0. The van der Waals surface area contributed by atoms with Crippen molar-refractivity contribution < 1.29 is 23.9 Å². The fourth-order valence-electron chi connectivity index (χ4n) is 6.33. The maximum atomic E-state index is 13.4. The smallest absolute Gasteiger partial charge is 0.330 e. The third-order valence-corrected chi connectivity index (χ3v) is 7.67. The number of hydrogen-bond acceptors (Lipinski definition) is 5. The van der Waals surface area contributed by atoms with Crippen LogP contribution >= 0.6 is 0 Å². The average Bonchev–Trinajstić information content (AvgIpc) is 3.50. The van der Waals surface area contributed by atoms with Gasteiger partial charge in [-0.15, -0.1) is 0 Å². The van der Waals surface area contributed by atoms with E-state index in [1.807, 2.05) is 62.4 Å².